The van der Waals surface area contributed by atoms with E-state index in [9.17, 15) is 4.79 Å². The van der Waals surface area contributed by atoms with Crippen LogP contribution in [0.1, 0.15) is 25.3 Å². The molecular weight excluding hydrogens is 224 g/mol. The fraction of sp³-hybridized carbons (Fsp3) is 0.533. The van der Waals surface area contributed by atoms with Crippen LogP contribution in [0.4, 0.5) is 5.69 Å². The third-order valence-corrected chi connectivity index (χ3v) is 3.69. The summed E-state index contributed by atoms with van der Waals surface area (Å²) in [6, 6.07) is 7.92. The molecule has 0 aromatic heterocycles. The lowest BCUT2D eigenvalue weighted by molar-refractivity contribution is -0.900. The third-order valence-electron chi connectivity index (χ3n) is 3.69. The molecule has 0 spiro atoms. The van der Waals surface area contributed by atoms with Crippen molar-refractivity contribution in [2.75, 3.05) is 25.0 Å². The highest BCUT2D eigenvalue weighted by atomic mass is 16.2. The molecule has 1 aromatic carbocycles. The van der Waals surface area contributed by atoms with Gasteiger partial charge in [0.25, 0.3) is 5.91 Å². The first-order valence-corrected chi connectivity index (χ1v) is 6.84. The number of amides is 1. The Morgan fingerprint density at radius 3 is 2.94 bits per heavy atom. The summed E-state index contributed by atoms with van der Waals surface area (Å²) in [5.41, 5.74) is 2.06. The lowest BCUT2D eigenvalue weighted by Gasteiger charge is -2.27. The fourth-order valence-electron chi connectivity index (χ4n) is 2.69. The molecule has 2 N–H and O–H groups in total. The van der Waals surface area contributed by atoms with Gasteiger partial charge < -0.3 is 10.2 Å². The Labute approximate surface area is 109 Å². The second-order valence-electron chi connectivity index (χ2n) is 5.49. The summed E-state index contributed by atoms with van der Waals surface area (Å²) in [7, 11) is 0. The molecule has 1 aromatic rings. The van der Waals surface area contributed by atoms with E-state index in [2.05, 4.69) is 12.2 Å². The van der Waals surface area contributed by atoms with Crippen LogP contribution in [-0.2, 0) is 4.79 Å². The third kappa shape index (κ3) is 3.57. The number of hydrogen-bond acceptors (Lipinski definition) is 1. The summed E-state index contributed by atoms with van der Waals surface area (Å²) in [6.07, 6.45) is 2.55. The van der Waals surface area contributed by atoms with E-state index >= 15 is 0 Å². The molecule has 2 rings (SSSR count). The summed E-state index contributed by atoms with van der Waals surface area (Å²) >= 11 is 0. The van der Waals surface area contributed by atoms with Crippen LogP contribution in [0.5, 0.6) is 0 Å². The summed E-state index contributed by atoms with van der Waals surface area (Å²) in [5, 5.41) is 3.01. The molecule has 0 aliphatic carbocycles. The molecule has 1 unspecified atom stereocenters. The molecule has 3 heteroatoms. The highest BCUT2D eigenvalue weighted by Gasteiger charge is 2.21. The van der Waals surface area contributed by atoms with Crippen LogP contribution < -0.4 is 10.2 Å². The van der Waals surface area contributed by atoms with Crippen molar-refractivity contribution in [1.29, 1.82) is 0 Å². The lowest BCUT2D eigenvalue weighted by atomic mass is 10.0. The van der Waals surface area contributed by atoms with Crippen LogP contribution in [0.15, 0.2) is 24.3 Å². The van der Waals surface area contributed by atoms with Gasteiger partial charge in [-0.25, -0.2) is 0 Å². The van der Waals surface area contributed by atoms with Gasteiger partial charge in [0.15, 0.2) is 6.54 Å². The minimum absolute atomic E-state index is 0.133. The van der Waals surface area contributed by atoms with Crippen LogP contribution in [-0.4, -0.2) is 25.5 Å². The average Bonchev–Trinajstić information content (AvgIpc) is 2.32. The Morgan fingerprint density at radius 1 is 1.44 bits per heavy atom. The summed E-state index contributed by atoms with van der Waals surface area (Å²) in [5.74, 6) is 0.883. The minimum Gasteiger partial charge on any atom is -0.327 e. The van der Waals surface area contributed by atoms with Crippen LogP contribution in [0.25, 0.3) is 0 Å². The normalized spacial score (nSPS) is 23.7. The summed E-state index contributed by atoms with van der Waals surface area (Å²) in [4.78, 5) is 13.4. The predicted octanol–water partition coefficient (Wildman–Crippen LogP) is 1.25. The predicted molar refractivity (Wildman–Crippen MR) is 73.8 cm³/mol. The van der Waals surface area contributed by atoms with E-state index in [4.69, 9.17) is 0 Å². The second-order valence-corrected chi connectivity index (χ2v) is 5.49. The van der Waals surface area contributed by atoms with Gasteiger partial charge in [0.05, 0.1) is 13.1 Å². The summed E-state index contributed by atoms with van der Waals surface area (Å²) < 4.78 is 0. The van der Waals surface area contributed by atoms with E-state index in [1.54, 1.807) is 0 Å². The van der Waals surface area contributed by atoms with E-state index in [-0.39, 0.29) is 5.91 Å². The van der Waals surface area contributed by atoms with Crippen molar-refractivity contribution >= 4 is 11.6 Å². The molecule has 1 aliphatic heterocycles. The SMILES string of the molecule is Cc1ccccc1NC(=O)C[NH+]1CCC[C@@H](C)C1. The van der Waals surface area contributed by atoms with Gasteiger partial charge in [-0.1, -0.05) is 25.1 Å². The average molecular weight is 247 g/mol. The Bertz CT molecular complexity index is 417. The van der Waals surface area contributed by atoms with Gasteiger partial charge in [0.2, 0.25) is 0 Å². The van der Waals surface area contributed by atoms with E-state index in [0.29, 0.717) is 6.54 Å². The van der Waals surface area contributed by atoms with E-state index in [0.717, 1.165) is 30.3 Å². The molecule has 3 nitrogen and oxygen atoms in total. The van der Waals surface area contributed by atoms with Crippen LogP contribution in [0.2, 0.25) is 0 Å². The number of rotatable bonds is 3. The highest BCUT2D eigenvalue weighted by Crippen LogP contribution is 2.12. The molecule has 1 amide bonds. The van der Waals surface area contributed by atoms with E-state index < -0.39 is 0 Å². The molecule has 0 bridgehead atoms. The van der Waals surface area contributed by atoms with Crippen LogP contribution in [0, 0.1) is 12.8 Å². The van der Waals surface area contributed by atoms with E-state index in [1.807, 2.05) is 31.2 Å². The van der Waals surface area contributed by atoms with Crippen molar-refractivity contribution < 1.29 is 9.69 Å². The second kappa shape index (κ2) is 6.01. The zero-order valence-corrected chi connectivity index (χ0v) is 11.3. The number of carbonyl (C=O) groups excluding carboxylic acids is 1. The molecule has 0 saturated carbocycles. The first-order valence-electron chi connectivity index (χ1n) is 6.84. The van der Waals surface area contributed by atoms with Gasteiger partial charge in [0, 0.05) is 11.6 Å². The Hall–Kier alpha value is -1.35. The van der Waals surface area contributed by atoms with Gasteiger partial charge in [-0.05, 0) is 31.4 Å². The Morgan fingerprint density at radius 2 is 2.22 bits per heavy atom. The number of nitrogens with one attached hydrogen (secondary N) is 2. The number of para-hydroxylation sites is 1. The van der Waals surface area contributed by atoms with Crippen molar-refractivity contribution in [3.05, 3.63) is 29.8 Å². The first kappa shape index (κ1) is 13.1. The fourth-order valence-corrected chi connectivity index (χ4v) is 2.69. The maximum Gasteiger partial charge on any atom is 0.279 e. The quantitative estimate of drug-likeness (QED) is 0.828. The largest absolute Gasteiger partial charge is 0.327 e. The molecule has 1 aliphatic rings. The lowest BCUT2D eigenvalue weighted by Crippen LogP contribution is -3.14. The smallest absolute Gasteiger partial charge is 0.279 e. The standard InChI is InChI=1S/C15H22N2O/c1-12-6-5-9-17(10-12)11-15(18)16-14-8-4-3-7-13(14)2/h3-4,7-8,12H,5-6,9-11H2,1-2H3,(H,16,18)/p+1/t12-/m1/s1. The first-order chi connectivity index (χ1) is 8.65. The van der Waals surface area contributed by atoms with Gasteiger partial charge in [0.1, 0.15) is 0 Å². The van der Waals surface area contributed by atoms with Crippen molar-refractivity contribution in [2.24, 2.45) is 5.92 Å². The number of carbonyl (C=O) groups is 1. The van der Waals surface area contributed by atoms with Crippen molar-refractivity contribution in [2.45, 2.75) is 26.7 Å². The molecule has 98 valence electrons. The van der Waals surface area contributed by atoms with Crippen LogP contribution in [0.3, 0.4) is 0 Å². The molecule has 0 radical (unpaired) electrons. The van der Waals surface area contributed by atoms with Gasteiger partial charge in [-0.3, -0.25) is 4.79 Å². The zero-order chi connectivity index (χ0) is 13.0. The maximum atomic E-state index is 12.0. The minimum atomic E-state index is 0.133. The molecule has 1 saturated heterocycles. The maximum absolute atomic E-state index is 12.0. The van der Waals surface area contributed by atoms with Gasteiger partial charge >= 0.3 is 0 Å². The Kier molecular flexibility index (Phi) is 4.37. The van der Waals surface area contributed by atoms with Crippen molar-refractivity contribution in [3.63, 3.8) is 0 Å². The molecule has 18 heavy (non-hydrogen) atoms. The topological polar surface area (TPSA) is 33.5 Å². The molecule has 2 atom stereocenters. The van der Waals surface area contributed by atoms with Crippen molar-refractivity contribution in [3.8, 4) is 0 Å². The van der Waals surface area contributed by atoms with Gasteiger partial charge in [-0.2, -0.15) is 0 Å². The van der Waals surface area contributed by atoms with Gasteiger partial charge in [-0.15, -0.1) is 0 Å². The molecule has 1 fully saturated rings. The number of quaternary nitrogens is 1. The molecule has 1 heterocycles. The monoisotopic (exact) mass is 247 g/mol. The number of benzene rings is 1. The number of anilines is 1. The number of piperidine rings is 1. The molecular formula is C15H23N2O+. The Balaban J connectivity index is 1.87. The number of likely N-dealkylation sites (tertiary alicyclic amines) is 1. The van der Waals surface area contributed by atoms with Crippen molar-refractivity contribution in [1.82, 2.24) is 0 Å². The number of aryl methyl sites for hydroxylation is 1. The summed E-state index contributed by atoms with van der Waals surface area (Å²) in [6.45, 7) is 7.15. The highest BCUT2D eigenvalue weighted by molar-refractivity contribution is 5.92. The number of hydrogen-bond donors (Lipinski definition) is 2. The zero-order valence-electron chi connectivity index (χ0n) is 11.3. The van der Waals surface area contributed by atoms with Crippen LogP contribution >= 0.6 is 0 Å². The van der Waals surface area contributed by atoms with E-state index in [1.165, 1.54) is 17.7 Å².